The highest BCUT2D eigenvalue weighted by molar-refractivity contribution is 6.28. The second-order valence-electron chi connectivity index (χ2n) is 7.40. The number of anilines is 1. The summed E-state index contributed by atoms with van der Waals surface area (Å²) in [7, 11) is 0. The van der Waals surface area contributed by atoms with Gasteiger partial charge in [-0.3, -0.25) is 9.13 Å². The average Bonchev–Trinajstić information content (AvgIpc) is 3.08. The Morgan fingerprint density at radius 2 is 1.80 bits per heavy atom. The van der Waals surface area contributed by atoms with E-state index in [4.69, 9.17) is 21.5 Å². The van der Waals surface area contributed by atoms with Crippen LogP contribution < -0.4 is 15.9 Å². The summed E-state index contributed by atoms with van der Waals surface area (Å²) in [6, 6.07) is 9.84. The van der Waals surface area contributed by atoms with Crippen molar-refractivity contribution in [2.45, 2.75) is 26.2 Å². The number of alkyl halides is 3. The Labute approximate surface area is 203 Å². The summed E-state index contributed by atoms with van der Waals surface area (Å²) in [4.78, 5) is 33.2. The van der Waals surface area contributed by atoms with E-state index >= 15 is 0 Å². The summed E-state index contributed by atoms with van der Waals surface area (Å²) in [6.07, 6.45) is -5.08. The van der Waals surface area contributed by atoms with Gasteiger partial charge < -0.3 is 15.3 Å². The Hall–Kier alpha value is -3.56. The Morgan fingerprint density at radius 3 is 2.37 bits per heavy atom. The number of hydrogen-bond acceptors (Lipinski definition) is 6. The number of nitrogens with zero attached hydrogens (tertiary/aromatic N) is 5. The number of piperazine rings is 1. The maximum Gasteiger partial charge on any atom is 0.490 e. The van der Waals surface area contributed by atoms with Crippen LogP contribution >= 0.6 is 11.6 Å². The molecule has 35 heavy (non-hydrogen) atoms. The molecule has 2 aromatic heterocycles. The van der Waals surface area contributed by atoms with Gasteiger partial charge in [0.15, 0.2) is 11.5 Å². The van der Waals surface area contributed by atoms with Gasteiger partial charge in [0.2, 0.25) is 5.28 Å². The maximum absolute atomic E-state index is 13.3. The second kappa shape index (κ2) is 11.2. The van der Waals surface area contributed by atoms with Crippen molar-refractivity contribution in [2.24, 2.45) is 0 Å². The minimum atomic E-state index is -5.08. The minimum Gasteiger partial charge on any atom is -0.475 e. The van der Waals surface area contributed by atoms with Crippen molar-refractivity contribution in [3.8, 4) is 11.8 Å². The normalized spacial score (nSPS) is 13.6. The average molecular weight is 511 g/mol. The number of aliphatic carboxylic acids is 1. The lowest BCUT2D eigenvalue weighted by Gasteiger charge is -2.28. The third-order valence-electron chi connectivity index (χ3n) is 5.06. The number of benzene rings is 1. The van der Waals surface area contributed by atoms with Crippen LogP contribution in [0.2, 0.25) is 5.28 Å². The van der Waals surface area contributed by atoms with E-state index in [1.54, 1.807) is 16.1 Å². The third-order valence-corrected chi connectivity index (χ3v) is 5.23. The highest BCUT2D eigenvalue weighted by Crippen LogP contribution is 2.26. The van der Waals surface area contributed by atoms with Gasteiger partial charge in [0.1, 0.15) is 5.52 Å². The van der Waals surface area contributed by atoms with E-state index in [0.29, 0.717) is 23.5 Å². The van der Waals surface area contributed by atoms with Crippen molar-refractivity contribution < 1.29 is 23.1 Å². The first-order valence-electron chi connectivity index (χ1n) is 10.5. The predicted molar refractivity (Wildman–Crippen MR) is 125 cm³/mol. The molecule has 0 atom stereocenters. The molecule has 13 heteroatoms. The fourth-order valence-corrected chi connectivity index (χ4v) is 3.64. The van der Waals surface area contributed by atoms with Crippen molar-refractivity contribution in [1.29, 1.82) is 0 Å². The number of nitrogens with one attached hydrogen (secondary N) is 1. The van der Waals surface area contributed by atoms with Crippen LogP contribution in [0.1, 0.15) is 12.5 Å². The number of hydrogen-bond donors (Lipinski definition) is 2. The first kappa shape index (κ1) is 26.1. The summed E-state index contributed by atoms with van der Waals surface area (Å²) >= 11 is 6.27. The van der Waals surface area contributed by atoms with Crippen LogP contribution in [0, 0.1) is 11.8 Å². The van der Waals surface area contributed by atoms with Crippen molar-refractivity contribution in [3.05, 3.63) is 51.7 Å². The van der Waals surface area contributed by atoms with E-state index in [9.17, 15) is 18.0 Å². The molecule has 3 heterocycles. The number of rotatable bonds is 4. The van der Waals surface area contributed by atoms with Gasteiger partial charge in [0.05, 0.1) is 13.1 Å². The summed E-state index contributed by atoms with van der Waals surface area (Å²) < 4.78 is 35.0. The molecule has 186 valence electrons. The zero-order valence-corrected chi connectivity index (χ0v) is 19.4. The number of carbonyl (C=O) groups is 1. The number of imidazole rings is 1. The van der Waals surface area contributed by atoms with Crippen LogP contribution in [-0.4, -0.2) is 62.5 Å². The molecule has 0 unspecified atom stereocenters. The van der Waals surface area contributed by atoms with Crippen molar-refractivity contribution >= 4 is 34.6 Å². The van der Waals surface area contributed by atoms with E-state index in [2.05, 4.69) is 32.0 Å². The number of carboxylic acids is 1. The highest BCUT2D eigenvalue weighted by atomic mass is 35.5. The lowest BCUT2D eigenvalue weighted by Crippen LogP contribution is -2.44. The van der Waals surface area contributed by atoms with E-state index in [1.807, 2.05) is 30.3 Å². The van der Waals surface area contributed by atoms with E-state index in [0.717, 1.165) is 31.7 Å². The van der Waals surface area contributed by atoms with Gasteiger partial charge >= 0.3 is 17.8 Å². The number of aromatic nitrogens is 4. The molecule has 1 aromatic carbocycles. The van der Waals surface area contributed by atoms with Crippen LogP contribution in [0.3, 0.4) is 0 Å². The van der Waals surface area contributed by atoms with Gasteiger partial charge in [-0.15, -0.1) is 5.92 Å². The largest absolute Gasteiger partial charge is 0.490 e. The zero-order valence-electron chi connectivity index (χ0n) is 18.6. The van der Waals surface area contributed by atoms with Crippen LogP contribution in [0.15, 0.2) is 35.1 Å². The van der Waals surface area contributed by atoms with Crippen LogP contribution in [-0.2, 0) is 17.9 Å². The molecule has 9 nitrogen and oxygen atoms in total. The third kappa shape index (κ3) is 6.32. The summed E-state index contributed by atoms with van der Waals surface area (Å²) in [5.41, 5.74) is 2.09. The number of halogens is 4. The van der Waals surface area contributed by atoms with E-state index in [1.165, 1.54) is 0 Å². The molecule has 1 aliphatic heterocycles. The molecule has 0 amide bonds. The maximum atomic E-state index is 13.3. The molecule has 1 saturated heterocycles. The van der Waals surface area contributed by atoms with Crippen LogP contribution in [0.5, 0.6) is 0 Å². The molecule has 2 N–H and O–H groups in total. The van der Waals surface area contributed by atoms with Gasteiger partial charge in [0.25, 0.3) is 0 Å². The van der Waals surface area contributed by atoms with Crippen LogP contribution in [0.25, 0.3) is 11.2 Å². The number of fused-ring (bicyclic) bond motifs is 1. The molecule has 0 aliphatic carbocycles. The fraction of sp³-hybridized carbons (Fsp3) is 0.364. The summed E-state index contributed by atoms with van der Waals surface area (Å²) in [6.45, 7) is 5.76. The summed E-state index contributed by atoms with van der Waals surface area (Å²) in [5.74, 6) is 3.80. The Kier molecular flexibility index (Phi) is 8.37. The molecule has 1 fully saturated rings. The highest BCUT2D eigenvalue weighted by Gasteiger charge is 2.38. The lowest BCUT2D eigenvalue weighted by atomic mass is 10.2. The Balaban J connectivity index is 0.000000429. The van der Waals surface area contributed by atoms with Gasteiger partial charge in [-0.1, -0.05) is 36.3 Å². The quantitative estimate of drug-likeness (QED) is 0.410. The molecule has 3 aromatic rings. The molecule has 1 aliphatic rings. The van der Waals surface area contributed by atoms with Crippen molar-refractivity contribution in [3.63, 3.8) is 0 Å². The van der Waals surface area contributed by atoms with Crippen molar-refractivity contribution in [2.75, 3.05) is 31.1 Å². The topological polar surface area (TPSA) is 105 Å². The standard InChI is InChI=1S/C20H21ClN6O.C2HF3O2/c1-2-3-11-26-16-17(25-12-9-22-10-13-25)23-19(21)24-18(16)27(20(26)28)14-15-7-5-4-6-8-15;3-2(4,5)1(6)7/h4-8,22H,9-14H2,1H3;(H,6,7). The Morgan fingerprint density at radius 1 is 1.17 bits per heavy atom. The van der Waals surface area contributed by atoms with Gasteiger partial charge in [0, 0.05) is 26.2 Å². The van der Waals surface area contributed by atoms with Crippen molar-refractivity contribution in [1.82, 2.24) is 24.4 Å². The molecule has 4 rings (SSSR count). The SMILES string of the molecule is CC#CCn1c(=O)n(Cc2ccccc2)c2nc(Cl)nc(N3CCNCC3)c21.O=C(O)C(F)(F)F. The van der Waals surface area contributed by atoms with E-state index < -0.39 is 12.1 Å². The van der Waals surface area contributed by atoms with Gasteiger partial charge in [-0.2, -0.15) is 23.1 Å². The summed E-state index contributed by atoms with van der Waals surface area (Å²) in [5, 5.41) is 10.6. The molecule has 0 radical (unpaired) electrons. The molecular formula is C22H22ClF3N6O3. The van der Waals surface area contributed by atoms with Gasteiger partial charge in [-0.05, 0) is 24.1 Å². The molecule has 0 bridgehead atoms. The minimum absolute atomic E-state index is 0.140. The number of carboxylic acid groups (broad SMARTS) is 1. The van der Waals surface area contributed by atoms with Gasteiger partial charge in [-0.25, -0.2) is 9.59 Å². The lowest BCUT2D eigenvalue weighted by molar-refractivity contribution is -0.192. The fourth-order valence-electron chi connectivity index (χ4n) is 3.48. The van der Waals surface area contributed by atoms with E-state index in [-0.39, 0.29) is 17.5 Å². The predicted octanol–water partition coefficient (Wildman–Crippen LogP) is 2.36. The molecule has 0 spiro atoms. The van der Waals surface area contributed by atoms with Crippen LogP contribution in [0.4, 0.5) is 19.0 Å². The first-order valence-corrected chi connectivity index (χ1v) is 10.9. The second-order valence-corrected chi connectivity index (χ2v) is 7.73. The molecule has 0 saturated carbocycles. The molecular weight excluding hydrogens is 489 g/mol. The zero-order chi connectivity index (χ0) is 25.6. The monoisotopic (exact) mass is 510 g/mol. The first-order chi connectivity index (χ1) is 16.6. The smallest absolute Gasteiger partial charge is 0.475 e. The Bertz CT molecular complexity index is 1310.